The van der Waals surface area contributed by atoms with Gasteiger partial charge in [0.2, 0.25) is 5.91 Å². The van der Waals surface area contributed by atoms with Crippen LogP contribution in [0.25, 0.3) is 5.57 Å². The SMILES string of the molecule is CCOC(=O)CN1C(=O)/C(=C(\C)c2cccc(OC(=O)N[C@@H](CC(C)C)C(=O)N(CCNC(=O)OC(C)(C)C)Cc3ccc(Cl)cc3)c2)SC1=S. The molecule has 2 N–H and O–H groups in total. The Morgan fingerprint density at radius 3 is 2.37 bits per heavy atom. The summed E-state index contributed by atoms with van der Waals surface area (Å²) in [4.78, 5) is 67.8. The molecule has 3 rings (SSSR count). The van der Waals surface area contributed by atoms with Crippen LogP contribution in [0.1, 0.15) is 66.0 Å². The Morgan fingerprint density at radius 2 is 1.75 bits per heavy atom. The lowest BCUT2D eigenvalue weighted by Crippen LogP contribution is -2.51. The van der Waals surface area contributed by atoms with Gasteiger partial charge in [-0.15, -0.1) is 0 Å². The largest absolute Gasteiger partial charge is 0.465 e. The van der Waals surface area contributed by atoms with E-state index in [0.717, 1.165) is 17.3 Å². The maximum absolute atomic E-state index is 14.0. The van der Waals surface area contributed by atoms with Crippen molar-refractivity contribution >= 4 is 75.4 Å². The molecule has 0 aliphatic carbocycles. The summed E-state index contributed by atoms with van der Waals surface area (Å²) in [6.07, 6.45) is -1.14. The molecule has 12 nitrogen and oxygen atoms in total. The molecule has 276 valence electrons. The van der Waals surface area contributed by atoms with E-state index in [4.69, 9.17) is 38.0 Å². The predicted octanol–water partition coefficient (Wildman–Crippen LogP) is 6.55. The van der Waals surface area contributed by atoms with Gasteiger partial charge in [0.25, 0.3) is 5.91 Å². The van der Waals surface area contributed by atoms with Gasteiger partial charge in [-0.05, 0) is 87.9 Å². The van der Waals surface area contributed by atoms with Gasteiger partial charge in [0, 0.05) is 24.7 Å². The Bertz CT molecular complexity index is 1640. The molecule has 1 aliphatic heterocycles. The average Bonchev–Trinajstić information content (AvgIpc) is 3.31. The zero-order chi connectivity index (χ0) is 37.9. The first-order chi connectivity index (χ1) is 24.0. The molecule has 51 heavy (non-hydrogen) atoms. The fraction of sp³-hybridized carbons (Fsp3) is 0.444. The van der Waals surface area contributed by atoms with Gasteiger partial charge in [-0.2, -0.15) is 0 Å². The quantitative estimate of drug-likeness (QED) is 0.124. The molecule has 0 bridgehead atoms. The summed E-state index contributed by atoms with van der Waals surface area (Å²) in [7, 11) is 0. The van der Waals surface area contributed by atoms with E-state index >= 15 is 0 Å². The normalized spacial score (nSPS) is 14.6. The number of carbonyl (C=O) groups is 5. The summed E-state index contributed by atoms with van der Waals surface area (Å²) in [5.74, 6) is -1.13. The van der Waals surface area contributed by atoms with Crippen LogP contribution in [0.2, 0.25) is 5.02 Å². The molecule has 15 heteroatoms. The highest BCUT2D eigenvalue weighted by Crippen LogP contribution is 2.37. The number of carbonyl (C=O) groups excluding carboxylic acids is 5. The van der Waals surface area contributed by atoms with Gasteiger partial charge in [0.05, 0.1) is 11.5 Å². The number of nitrogens with zero attached hydrogens (tertiary/aromatic N) is 2. The number of thiocarbonyl (C=S) groups is 1. The third-order valence-electron chi connectivity index (χ3n) is 7.21. The molecule has 4 amide bonds. The van der Waals surface area contributed by atoms with Crippen LogP contribution in [0.3, 0.4) is 0 Å². The summed E-state index contributed by atoms with van der Waals surface area (Å²) in [6, 6.07) is 12.7. The molecule has 2 aromatic rings. The Hall–Kier alpha value is -4.14. The van der Waals surface area contributed by atoms with E-state index in [1.165, 1.54) is 4.90 Å². The maximum atomic E-state index is 14.0. The summed E-state index contributed by atoms with van der Waals surface area (Å²) in [6.45, 7) is 12.9. The number of alkyl carbamates (subject to hydrolysis) is 1. The topological polar surface area (TPSA) is 144 Å². The molecule has 0 aromatic heterocycles. The van der Waals surface area contributed by atoms with Gasteiger partial charge < -0.3 is 29.7 Å². The molecule has 1 atom stereocenters. The highest BCUT2D eigenvalue weighted by molar-refractivity contribution is 8.26. The zero-order valence-corrected chi connectivity index (χ0v) is 32.3. The van der Waals surface area contributed by atoms with Crippen LogP contribution in [0.4, 0.5) is 9.59 Å². The van der Waals surface area contributed by atoms with Gasteiger partial charge in [-0.3, -0.25) is 19.3 Å². The van der Waals surface area contributed by atoms with Gasteiger partial charge in [0.15, 0.2) is 0 Å². The number of hydrogen-bond donors (Lipinski definition) is 2. The van der Waals surface area contributed by atoms with Crippen molar-refractivity contribution in [1.29, 1.82) is 0 Å². The van der Waals surface area contributed by atoms with E-state index in [-0.39, 0.29) is 54.7 Å². The lowest BCUT2D eigenvalue weighted by molar-refractivity contribution is -0.145. The van der Waals surface area contributed by atoms with Crippen molar-refractivity contribution in [2.24, 2.45) is 5.92 Å². The lowest BCUT2D eigenvalue weighted by Gasteiger charge is -2.29. The fourth-order valence-electron chi connectivity index (χ4n) is 4.90. The highest BCUT2D eigenvalue weighted by Gasteiger charge is 2.35. The Kier molecular flexibility index (Phi) is 15.3. The molecular weight excluding hydrogens is 716 g/mol. The van der Waals surface area contributed by atoms with Crippen LogP contribution in [-0.4, -0.2) is 82.0 Å². The minimum Gasteiger partial charge on any atom is -0.465 e. The van der Waals surface area contributed by atoms with Crippen LogP contribution < -0.4 is 15.4 Å². The summed E-state index contributed by atoms with van der Waals surface area (Å²) < 4.78 is 16.1. The van der Waals surface area contributed by atoms with Gasteiger partial charge in [-0.1, -0.05) is 73.7 Å². The fourth-order valence-corrected chi connectivity index (χ4v) is 6.33. The Morgan fingerprint density at radius 1 is 1.06 bits per heavy atom. The molecule has 2 aromatic carbocycles. The average molecular weight is 761 g/mol. The van der Waals surface area contributed by atoms with E-state index in [2.05, 4.69) is 10.6 Å². The van der Waals surface area contributed by atoms with E-state index in [1.807, 2.05) is 13.8 Å². The van der Waals surface area contributed by atoms with Crippen LogP contribution in [-0.2, 0) is 30.4 Å². The molecule has 1 fully saturated rings. The van der Waals surface area contributed by atoms with Crippen molar-refractivity contribution in [1.82, 2.24) is 20.4 Å². The number of allylic oxidation sites excluding steroid dienone is 1. The number of halogens is 1. The summed E-state index contributed by atoms with van der Waals surface area (Å²) in [5.41, 5.74) is 1.30. The van der Waals surface area contributed by atoms with Crippen molar-refractivity contribution in [2.75, 3.05) is 26.2 Å². The molecule has 0 radical (unpaired) electrons. The zero-order valence-electron chi connectivity index (χ0n) is 29.9. The number of thioether (sulfide) groups is 1. The van der Waals surface area contributed by atoms with Crippen molar-refractivity contribution in [2.45, 2.75) is 73.1 Å². The molecule has 1 aliphatic rings. The van der Waals surface area contributed by atoms with E-state index in [0.29, 0.717) is 27.5 Å². The van der Waals surface area contributed by atoms with Crippen LogP contribution >= 0.6 is 35.6 Å². The number of rotatable bonds is 14. The summed E-state index contributed by atoms with van der Waals surface area (Å²) >= 11 is 12.5. The highest BCUT2D eigenvalue weighted by atomic mass is 35.5. The van der Waals surface area contributed by atoms with E-state index in [1.54, 1.807) is 88.0 Å². The van der Waals surface area contributed by atoms with Crippen LogP contribution in [0.15, 0.2) is 53.4 Å². The van der Waals surface area contributed by atoms with Crippen molar-refractivity contribution in [3.63, 3.8) is 0 Å². The third kappa shape index (κ3) is 13.2. The van der Waals surface area contributed by atoms with Gasteiger partial charge in [0.1, 0.15) is 28.3 Å². The number of hydrogen-bond acceptors (Lipinski definition) is 10. The molecule has 1 heterocycles. The first-order valence-electron chi connectivity index (χ1n) is 16.5. The Labute approximate surface area is 313 Å². The second kappa shape index (κ2) is 18.9. The monoisotopic (exact) mass is 760 g/mol. The first kappa shape index (κ1) is 41.3. The standard InChI is InChI=1S/C36H45ClN4O8S2/c1-8-47-29(42)21-41-32(44)30(51-35(41)50)23(4)25-10-9-11-27(19-25)48-34(46)39-28(18-22(2)3)31(43)40(20-24-12-14-26(37)15-13-24)17-16-38-33(45)49-36(5,6)7/h9-15,19,22,28H,8,16-18,20-21H2,1-7H3,(H,38,45)(H,39,46)/b30-23-/t28-/m0/s1. The number of esters is 1. The molecule has 0 unspecified atom stereocenters. The number of amides is 4. The van der Waals surface area contributed by atoms with Crippen molar-refractivity contribution in [3.05, 3.63) is 69.6 Å². The minimum absolute atomic E-state index is 0.0324. The number of ether oxygens (including phenoxy) is 3. The second-order valence-electron chi connectivity index (χ2n) is 13.1. The lowest BCUT2D eigenvalue weighted by atomic mass is 10.0. The first-order valence-corrected chi connectivity index (χ1v) is 18.1. The van der Waals surface area contributed by atoms with Crippen LogP contribution in [0.5, 0.6) is 5.75 Å². The third-order valence-corrected chi connectivity index (χ3v) is 9.01. The number of nitrogens with one attached hydrogen (secondary N) is 2. The molecule has 1 saturated heterocycles. The van der Waals surface area contributed by atoms with Crippen molar-refractivity contribution < 1.29 is 38.2 Å². The van der Waals surface area contributed by atoms with Gasteiger partial charge >= 0.3 is 18.2 Å². The predicted molar refractivity (Wildman–Crippen MR) is 201 cm³/mol. The van der Waals surface area contributed by atoms with Crippen LogP contribution in [0, 0.1) is 5.92 Å². The van der Waals surface area contributed by atoms with E-state index < -0.39 is 35.7 Å². The maximum Gasteiger partial charge on any atom is 0.413 e. The van der Waals surface area contributed by atoms with Crippen molar-refractivity contribution in [3.8, 4) is 5.75 Å². The van der Waals surface area contributed by atoms with Gasteiger partial charge in [-0.25, -0.2) is 9.59 Å². The molecule has 0 spiro atoms. The smallest absolute Gasteiger partial charge is 0.413 e. The molecule has 0 saturated carbocycles. The summed E-state index contributed by atoms with van der Waals surface area (Å²) in [5, 5.41) is 5.96. The molecular formula is C36H45ClN4O8S2. The number of benzene rings is 2. The Balaban J connectivity index is 1.76. The van der Waals surface area contributed by atoms with E-state index in [9.17, 15) is 24.0 Å². The second-order valence-corrected chi connectivity index (χ2v) is 15.2. The minimum atomic E-state index is -0.947.